The lowest BCUT2D eigenvalue weighted by Crippen LogP contribution is -2.36. The van der Waals surface area contributed by atoms with Crippen LogP contribution in [0.15, 0.2) is 22.7 Å². The van der Waals surface area contributed by atoms with E-state index in [9.17, 15) is 4.39 Å². The summed E-state index contributed by atoms with van der Waals surface area (Å²) in [4.78, 5) is 2.09. The van der Waals surface area contributed by atoms with Gasteiger partial charge in [0.15, 0.2) is 0 Å². The highest BCUT2D eigenvalue weighted by molar-refractivity contribution is 9.10. The molecule has 5 heteroatoms. The van der Waals surface area contributed by atoms with Crippen molar-refractivity contribution in [3.05, 3.63) is 34.1 Å². The van der Waals surface area contributed by atoms with Crippen LogP contribution in [0.25, 0.3) is 0 Å². The first-order valence-electron chi connectivity index (χ1n) is 5.66. The Morgan fingerprint density at radius 2 is 2.00 bits per heavy atom. The molecule has 0 unspecified atom stereocenters. The SMILES string of the molecule is CN(Cc1cc(Br)ccc1F)CC(C)(C)CN.Cl. The summed E-state index contributed by atoms with van der Waals surface area (Å²) in [7, 11) is 1.98. The van der Waals surface area contributed by atoms with Gasteiger partial charge in [-0.2, -0.15) is 0 Å². The van der Waals surface area contributed by atoms with Crippen molar-refractivity contribution in [2.24, 2.45) is 11.1 Å². The van der Waals surface area contributed by atoms with Gasteiger partial charge in [-0.15, -0.1) is 12.4 Å². The molecule has 0 atom stereocenters. The molecule has 0 spiro atoms. The Kier molecular flexibility index (Phi) is 7.37. The van der Waals surface area contributed by atoms with Crippen LogP contribution in [0.4, 0.5) is 4.39 Å². The summed E-state index contributed by atoms with van der Waals surface area (Å²) < 4.78 is 14.5. The zero-order chi connectivity index (χ0) is 13.1. The molecule has 0 fully saturated rings. The molecule has 0 saturated heterocycles. The molecule has 1 rings (SSSR count). The van der Waals surface area contributed by atoms with Crippen LogP contribution >= 0.6 is 28.3 Å². The fourth-order valence-corrected chi connectivity index (χ4v) is 2.21. The largest absolute Gasteiger partial charge is 0.330 e. The van der Waals surface area contributed by atoms with E-state index in [1.807, 2.05) is 13.1 Å². The molecule has 0 radical (unpaired) electrons. The van der Waals surface area contributed by atoms with Crippen molar-refractivity contribution in [3.8, 4) is 0 Å². The van der Waals surface area contributed by atoms with E-state index in [0.29, 0.717) is 18.7 Å². The second-order valence-corrected chi connectivity index (χ2v) is 6.19. The molecule has 1 aromatic carbocycles. The van der Waals surface area contributed by atoms with E-state index in [1.165, 1.54) is 6.07 Å². The van der Waals surface area contributed by atoms with E-state index >= 15 is 0 Å². The van der Waals surface area contributed by atoms with Gasteiger partial charge in [0.05, 0.1) is 0 Å². The molecule has 0 bridgehead atoms. The zero-order valence-electron chi connectivity index (χ0n) is 11.0. The van der Waals surface area contributed by atoms with Gasteiger partial charge in [0, 0.05) is 23.1 Å². The monoisotopic (exact) mass is 338 g/mol. The minimum atomic E-state index is -0.161. The van der Waals surface area contributed by atoms with E-state index in [1.54, 1.807) is 6.07 Å². The fourth-order valence-electron chi connectivity index (χ4n) is 1.81. The minimum Gasteiger partial charge on any atom is -0.330 e. The molecule has 2 nitrogen and oxygen atoms in total. The number of halogens is 3. The Morgan fingerprint density at radius 3 is 2.56 bits per heavy atom. The lowest BCUT2D eigenvalue weighted by atomic mass is 9.93. The summed E-state index contributed by atoms with van der Waals surface area (Å²) in [5, 5.41) is 0. The highest BCUT2D eigenvalue weighted by Crippen LogP contribution is 2.19. The topological polar surface area (TPSA) is 29.3 Å². The molecule has 0 aromatic heterocycles. The summed E-state index contributed by atoms with van der Waals surface area (Å²) >= 11 is 3.36. The molecule has 18 heavy (non-hydrogen) atoms. The summed E-state index contributed by atoms with van der Waals surface area (Å²) in [5.74, 6) is -0.161. The number of nitrogens with zero attached hydrogens (tertiary/aromatic N) is 1. The second-order valence-electron chi connectivity index (χ2n) is 5.28. The van der Waals surface area contributed by atoms with Crippen LogP contribution in [0.1, 0.15) is 19.4 Å². The van der Waals surface area contributed by atoms with Crippen LogP contribution in [0.3, 0.4) is 0 Å². The van der Waals surface area contributed by atoms with Crippen molar-refractivity contribution < 1.29 is 4.39 Å². The number of nitrogens with two attached hydrogens (primary N) is 1. The average Bonchev–Trinajstić information content (AvgIpc) is 2.23. The number of hydrogen-bond donors (Lipinski definition) is 1. The van der Waals surface area contributed by atoms with Gasteiger partial charge in [0.1, 0.15) is 5.82 Å². The standard InChI is InChI=1S/C13H20BrFN2.ClH/c1-13(2,8-16)9-17(3)7-10-6-11(14)4-5-12(10)15;/h4-6H,7-9,16H2,1-3H3;1H. The average molecular weight is 340 g/mol. The van der Waals surface area contributed by atoms with Crippen molar-refractivity contribution in [2.45, 2.75) is 20.4 Å². The van der Waals surface area contributed by atoms with Crippen molar-refractivity contribution in [2.75, 3.05) is 20.1 Å². The van der Waals surface area contributed by atoms with Gasteiger partial charge in [-0.3, -0.25) is 0 Å². The van der Waals surface area contributed by atoms with Gasteiger partial charge < -0.3 is 10.6 Å². The molecule has 0 aliphatic heterocycles. The predicted octanol–water partition coefficient (Wildman–Crippen LogP) is 3.43. The first kappa shape index (κ1) is 17.8. The lowest BCUT2D eigenvalue weighted by Gasteiger charge is -2.29. The van der Waals surface area contributed by atoms with Crippen LogP contribution < -0.4 is 5.73 Å². The minimum absolute atomic E-state index is 0. The number of benzene rings is 1. The van der Waals surface area contributed by atoms with Crippen molar-refractivity contribution in [1.29, 1.82) is 0 Å². The maximum Gasteiger partial charge on any atom is 0.127 e. The van der Waals surface area contributed by atoms with Crippen molar-refractivity contribution >= 4 is 28.3 Å². The smallest absolute Gasteiger partial charge is 0.127 e. The Morgan fingerprint density at radius 1 is 1.39 bits per heavy atom. The molecule has 104 valence electrons. The summed E-state index contributed by atoms with van der Waals surface area (Å²) in [5.41, 5.74) is 6.45. The molecule has 0 amide bonds. The summed E-state index contributed by atoms with van der Waals surface area (Å²) in [6, 6.07) is 5.02. The molecule has 0 aliphatic carbocycles. The normalized spacial score (nSPS) is 11.5. The maximum absolute atomic E-state index is 13.6. The van der Waals surface area contributed by atoms with Crippen LogP contribution in [-0.2, 0) is 6.54 Å². The Balaban J connectivity index is 0.00000289. The van der Waals surface area contributed by atoms with Gasteiger partial charge in [0.2, 0.25) is 0 Å². The van der Waals surface area contributed by atoms with E-state index in [4.69, 9.17) is 5.73 Å². The molecule has 0 heterocycles. The molecular formula is C13H21BrClFN2. The lowest BCUT2D eigenvalue weighted by molar-refractivity contribution is 0.208. The Bertz CT molecular complexity index is 385. The highest BCUT2D eigenvalue weighted by Gasteiger charge is 2.18. The van der Waals surface area contributed by atoms with E-state index < -0.39 is 0 Å². The van der Waals surface area contributed by atoms with Gasteiger partial charge in [0.25, 0.3) is 0 Å². The van der Waals surface area contributed by atoms with Crippen molar-refractivity contribution in [3.63, 3.8) is 0 Å². The third kappa shape index (κ3) is 5.65. The van der Waals surface area contributed by atoms with E-state index in [-0.39, 0.29) is 23.6 Å². The third-order valence-corrected chi connectivity index (χ3v) is 3.19. The van der Waals surface area contributed by atoms with Gasteiger partial charge >= 0.3 is 0 Å². The fraction of sp³-hybridized carbons (Fsp3) is 0.538. The van der Waals surface area contributed by atoms with Crippen LogP contribution in [-0.4, -0.2) is 25.0 Å². The van der Waals surface area contributed by atoms with Gasteiger partial charge in [-0.05, 0) is 37.2 Å². The van der Waals surface area contributed by atoms with Gasteiger partial charge in [-0.25, -0.2) is 4.39 Å². The number of rotatable bonds is 5. The Hall–Kier alpha value is -0.160. The van der Waals surface area contributed by atoms with E-state index in [0.717, 1.165) is 11.0 Å². The molecular weight excluding hydrogens is 319 g/mol. The first-order valence-corrected chi connectivity index (χ1v) is 6.46. The molecule has 0 saturated carbocycles. The predicted molar refractivity (Wildman–Crippen MR) is 80.5 cm³/mol. The highest BCUT2D eigenvalue weighted by atomic mass is 79.9. The van der Waals surface area contributed by atoms with Crippen LogP contribution in [0.5, 0.6) is 0 Å². The summed E-state index contributed by atoms with van der Waals surface area (Å²) in [6.45, 7) is 6.28. The van der Waals surface area contributed by atoms with Gasteiger partial charge in [-0.1, -0.05) is 29.8 Å². The quantitative estimate of drug-likeness (QED) is 0.890. The molecule has 2 N–H and O–H groups in total. The third-order valence-electron chi connectivity index (χ3n) is 2.70. The first-order chi connectivity index (χ1) is 7.84. The number of hydrogen-bond acceptors (Lipinski definition) is 2. The van der Waals surface area contributed by atoms with Crippen molar-refractivity contribution in [1.82, 2.24) is 4.90 Å². The Labute approximate surface area is 123 Å². The van der Waals surface area contributed by atoms with Crippen LogP contribution in [0.2, 0.25) is 0 Å². The second kappa shape index (κ2) is 7.43. The molecule has 0 aliphatic rings. The van der Waals surface area contributed by atoms with Crippen LogP contribution in [0, 0.1) is 11.2 Å². The molecule has 1 aromatic rings. The maximum atomic E-state index is 13.6. The zero-order valence-corrected chi connectivity index (χ0v) is 13.4. The summed E-state index contributed by atoms with van der Waals surface area (Å²) in [6.07, 6.45) is 0. The van der Waals surface area contributed by atoms with E-state index in [2.05, 4.69) is 34.7 Å².